The molecule has 4 nitrogen and oxygen atoms in total. The first-order chi connectivity index (χ1) is 10.7. The van der Waals surface area contributed by atoms with Crippen LogP contribution in [0.2, 0.25) is 0 Å². The van der Waals surface area contributed by atoms with Gasteiger partial charge in [0.2, 0.25) is 0 Å². The van der Waals surface area contributed by atoms with Crippen LogP contribution < -0.4 is 5.32 Å². The van der Waals surface area contributed by atoms with Crippen molar-refractivity contribution in [1.82, 2.24) is 15.3 Å². The van der Waals surface area contributed by atoms with Crippen molar-refractivity contribution in [2.45, 2.75) is 39.0 Å². The highest BCUT2D eigenvalue weighted by Crippen LogP contribution is 2.19. The van der Waals surface area contributed by atoms with Crippen molar-refractivity contribution in [3.05, 3.63) is 47.4 Å². The fourth-order valence-corrected chi connectivity index (χ4v) is 2.92. The Morgan fingerprint density at radius 3 is 2.91 bits per heavy atom. The number of rotatable bonds is 4. The van der Waals surface area contributed by atoms with Crippen molar-refractivity contribution < 1.29 is 4.79 Å². The van der Waals surface area contributed by atoms with Crippen LogP contribution in [-0.4, -0.2) is 22.4 Å². The number of aromatic nitrogens is 2. The molecule has 0 saturated heterocycles. The highest BCUT2D eigenvalue weighted by atomic mass is 16.1. The Bertz CT molecular complexity index is 721. The number of nitrogens with zero attached hydrogens (tertiary/aromatic N) is 2. The number of allylic oxidation sites excluding steroid dienone is 1. The summed E-state index contributed by atoms with van der Waals surface area (Å²) in [5, 5.41) is 3.80. The normalized spacial score (nSPS) is 14.7. The van der Waals surface area contributed by atoms with Crippen LogP contribution in [-0.2, 0) is 0 Å². The zero-order valence-electron chi connectivity index (χ0n) is 12.9. The molecule has 1 N–H and O–H groups in total. The Morgan fingerprint density at radius 1 is 1.23 bits per heavy atom. The Kier molecular flexibility index (Phi) is 4.47. The van der Waals surface area contributed by atoms with Crippen molar-refractivity contribution >= 4 is 16.8 Å². The van der Waals surface area contributed by atoms with E-state index in [2.05, 4.69) is 21.4 Å². The Hall–Kier alpha value is -2.23. The molecule has 114 valence electrons. The average Bonchev–Trinajstić information content (AvgIpc) is 2.55. The number of carbonyl (C=O) groups excluding carboxylic acids is 1. The first kappa shape index (κ1) is 14.7. The molecule has 4 heteroatoms. The molecule has 0 fully saturated rings. The van der Waals surface area contributed by atoms with Gasteiger partial charge in [0.1, 0.15) is 11.5 Å². The number of carbonyl (C=O) groups is 1. The molecule has 1 aromatic carbocycles. The third-order valence-corrected chi connectivity index (χ3v) is 4.05. The lowest BCUT2D eigenvalue weighted by Gasteiger charge is -2.13. The van der Waals surface area contributed by atoms with Crippen LogP contribution in [0.5, 0.6) is 0 Å². The van der Waals surface area contributed by atoms with E-state index >= 15 is 0 Å². The van der Waals surface area contributed by atoms with Crippen molar-refractivity contribution in [2.24, 2.45) is 0 Å². The summed E-state index contributed by atoms with van der Waals surface area (Å²) in [7, 11) is 0. The summed E-state index contributed by atoms with van der Waals surface area (Å²) in [5.74, 6) is 0.511. The van der Waals surface area contributed by atoms with Crippen LogP contribution >= 0.6 is 0 Å². The largest absolute Gasteiger partial charge is 0.350 e. The van der Waals surface area contributed by atoms with E-state index in [-0.39, 0.29) is 5.91 Å². The molecule has 0 aliphatic heterocycles. The van der Waals surface area contributed by atoms with Gasteiger partial charge in [0.15, 0.2) is 0 Å². The van der Waals surface area contributed by atoms with Gasteiger partial charge in [-0.25, -0.2) is 9.97 Å². The second kappa shape index (κ2) is 6.69. The Morgan fingerprint density at radius 2 is 2.09 bits per heavy atom. The van der Waals surface area contributed by atoms with Gasteiger partial charge >= 0.3 is 0 Å². The number of amides is 1. The van der Waals surface area contributed by atoms with E-state index in [4.69, 9.17) is 0 Å². The first-order valence-electron chi connectivity index (χ1n) is 7.93. The lowest BCUT2D eigenvalue weighted by atomic mass is 9.97. The number of hydrogen-bond donors (Lipinski definition) is 1. The molecule has 1 amide bonds. The summed E-state index contributed by atoms with van der Waals surface area (Å²) >= 11 is 0. The number of benzene rings is 1. The predicted molar refractivity (Wildman–Crippen MR) is 87.8 cm³/mol. The van der Waals surface area contributed by atoms with Crippen LogP contribution in [0.1, 0.15) is 48.4 Å². The van der Waals surface area contributed by atoms with E-state index in [9.17, 15) is 4.79 Å². The minimum atomic E-state index is -0.113. The van der Waals surface area contributed by atoms with Crippen molar-refractivity contribution in [3.8, 4) is 0 Å². The van der Waals surface area contributed by atoms with Gasteiger partial charge < -0.3 is 5.32 Å². The fourth-order valence-electron chi connectivity index (χ4n) is 2.92. The highest BCUT2D eigenvalue weighted by Gasteiger charge is 2.13. The van der Waals surface area contributed by atoms with Gasteiger partial charge in [-0.2, -0.15) is 0 Å². The number of hydrogen-bond acceptors (Lipinski definition) is 3. The number of aryl methyl sites for hydroxylation is 1. The van der Waals surface area contributed by atoms with E-state index in [1.807, 2.05) is 31.2 Å². The summed E-state index contributed by atoms with van der Waals surface area (Å²) in [6.07, 6.45) is 8.18. The summed E-state index contributed by atoms with van der Waals surface area (Å²) in [5.41, 5.74) is 2.76. The molecule has 1 aliphatic rings. The minimum absolute atomic E-state index is 0.113. The molecule has 1 aliphatic carbocycles. The lowest BCUT2D eigenvalue weighted by molar-refractivity contribution is 0.0950. The van der Waals surface area contributed by atoms with Gasteiger partial charge in [-0.05, 0) is 45.1 Å². The molecule has 0 unspecified atom stereocenters. The molecular weight excluding hydrogens is 274 g/mol. The van der Waals surface area contributed by atoms with Crippen LogP contribution in [0, 0.1) is 6.92 Å². The van der Waals surface area contributed by atoms with E-state index in [1.54, 1.807) is 0 Å². The van der Waals surface area contributed by atoms with Gasteiger partial charge in [-0.3, -0.25) is 4.79 Å². The summed E-state index contributed by atoms with van der Waals surface area (Å²) in [6, 6.07) is 7.64. The zero-order chi connectivity index (χ0) is 15.4. The van der Waals surface area contributed by atoms with E-state index < -0.39 is 0 Å². The maximum Gasteiger partial charge on any atom is 0.270 e. The van der Waals surface area contributed by atoms with Crippen LogP contribution in [0.4, 0.5) is 0 Å². The third-order valence-electron chi connectivity index (χ3n) is 4.05. The second-order valence-electron chi connectivity index (χ2n) is 5.75. The predicted octanol–water partition coefficient (Wildman–Crippen LogP) is 3.56. The molecular formula is C18H21N3O. The Labute approximate surface area is 130 Å². The summed E-state index contributed by atoms with van der Waals surface area (Å²) < 4.78 is 0. The standard InChI is InChI=1S/C18H21N3O/c1-13-20-16-10-6-5-9-15(16)17(21-13)18(22)19-12-11-14-7-3-2-4-8-14/h5-7,9-10H,2-4,8,11-12H2,1H3,(H,19,22). The molecule has 1 aromatic heterocycles. The van der Waals surface area contributed by atoms with Gasteiger partial charge in [0.25, 0.3) is 5.91 Å². The quantitative estimate of drug-likeness (QED) is 0.877. The number of fused-ring (bicyclic) bond motifs is 1. The zero-order valence-corrected chi connectivity index (χ0v) is 12.9. The van der Waals surface area contributed by atoms with E-state index in [0.717, 1.165) is 17.3 Å². The van der Waals surface area contributed by atoms with Gasteiger partial charge in [0, 0.05) is 11.9 Å². The maximum atomic E-state index is 12.4. The first-order valence-corrected chi connectivity index (χ1v) is 7.93. The van der Waals surface area contributed by atoms with Gasteiger partial charge in [-0.1, -0.05) is 29.8 Å². The van der Waals surface area contributed by atoms with E-state index in [0.29, 0.717) is 18.1 Å². The number of para-hydroxylation sites is 1. The fraction of sp³-hybridized carbons (Fsp3) is 0.389. The Balaban J connectivity index is 1.71. The monoisotopic (exact) mass is 295 g/mol. The molecule has 0 radical (unpaired) electrons. The summed E-state index contributed by atoms with van der Waals surface area (Å²) in [6.45, 7) is 2.48. The molecule has 0 bridgehead atoms. The minimum Gasteiger partial charge on any atom is -0.350 e. The second-order valence-corrected chi connectivity index (χ2v) is 5.75. The highest BCUT2D eigenvalue weighted by molar-refractivity contribution is 6.04. The smallest absolute Gasteiger partial charge is 0.270 e. The lowest BCUT2D eigenvalue weighted by Crippen LogP contribution is -2.26. The molecule has 22 heavy (non-hydrogen) atoms. The molecule has 1 heterocycles. The van der Waals surface area contributed by atoms with Crippen molar-refractivity contribution in [3.63, 3.8) is 0 Å². The van der Waals surface area contributed by atoms with Crippen LogP contribution in [0.15, 0.2) is 35.9 Å². The molecule has 0 atom stereocenters. The molecule has 0 spiro atoms. The molecule has 0 saturated carbocycles. The third kappa shape index (κ3) is 3.32. The van der Waals surface area contributed by atoms with Gasteiger partial charge in [0.05, 0.1) is 5.52 Å². The molecule has 3 rings (SSSR count). The van der Waals surface area contributed by atoms with Crippen molar-refractivity contribution in [2.75, 3.05) is 6.54 Å². The van der Waals surface area contributed by atoms with Crippen LogP contribution in [0.3, 0.4) is 0 Å². The SMILES string of the molecule is Cc1nc(C(=O)NCCC2=CCCCC2)c2ccccc2n1. The van der Waals surface area contributed by atoms with E-state index in [1.165, 1.54) is 31.3 Å². The van der Waals surface area contributed by atoms with Crippen molar-refractivity contribution in [1.29, 1.82) is 0 Å². The molecule has 2 aromatic rings. The maximum absolute atomic E-state index is 12.4. The topological polar surface area (TPSA) is 54.9 Å². The average molecular weight is 295 g/mol. The number of nitrogens with one attached hydrogen (secondary N) is 1. The van der Waals surface area contributed by atoms with Crippen LogP contribution in [0.25, 0.3) is 10.9 Å². The summed E-state index contributed by atoms with van der Waals surface area (Å²) in [4.78, 5) is 21.1. The van der Waals surface area contributed by atoms with Gasteiger partial charge in [-0.15, -0.1) is 0 Å².